The fraction of sp³-hybridized carbons (Fsp3) is 0.375. The molecule has 0 saturated heterocycles. The number of amides is 1. The highest BCUT2D eigenvalue weighted by molar-refractivity contribution is 7.57. The van der Waals surface area contributed by atoms with Crippen molar-refractivity contribution in [2.75, 3.05) is 6.61 Å². The van der Waals surface area contributed by atoms with Gasteiger partial charge in [-0.05, 0) is 53.5 Å². The molecule has 0 radical (unpaired) electrons. The van der Waals surface area contributed by atoms with Crippen molar-refractivity contribution in [1.29, 1.82) is 0 Å². The molecular weight excluding hydrogens is 589 g/mol. The summed E-state index contributed by atoms with van der Waals surface area (Å²) in [6.45, 7) is 2.56. The highest BCUT2D eigenvalue weighted by Gasteiger charge is 2.27. The molecule has 0 spiro atoms. The van der Waals surface area contributed by atoms with E-state index in [0.29, 0.717) is 18.7 Å². The van der Waals surface area contributed by atoms with E-state index in [9.17, 15) is 9.36 Å². The summed E-state index contributed by atoms with van der Waals surface area (Å²) in [6, 6.07) is 37.7. The predicted molar refractivity (Wildman–Crippen MR) is 189 cm³/mol. The summed E-state index contributed by atoms with van der Waals surface area (Å²) in [4.78, 5) is 12.9. The molecular formula is C40H50NO4P. The predicted octanol–water partition coefficient (Wildman–Crippen LogP) is 10.5. The Bertz CT molecular complexity index is 1400. The average molecular weight is 640 g/mol. The maximum absolute atomic E-state index is 14.4. The monoisotopic (exact) mass is 639 g/mol. The molecule has 4 aromatic carbocycles. The molecule has 1 amide bonds. The number of hydrogen-bond acceptors (Lipinski definition) is 4. The lowest BCUT2D eigenvalue weighted by molar-refractivity contribution is 0.130. The summed E-state index contributed by atoms with van der Waals surface area (Å²) >= 11 is 0. The molecule has 0 saturated carbocycles. The molecule has 1 N–H and O–H groups in total. The van der Waals surface area contributed by atoms with Crippen LogP contribution in [0.5, 0.6) is 0 Å². The van der Waals surface area contributed by atoms with Crippen LogP contribution in [0.4, 0.5) is 4.79 Å². The standard InChI is InChI=1S/C40H50NO4P/c1-2-3-4-5-6-10-17-34-24-26-35(27-25-34)28-29-39(41-40(42)44-30-36-18-11-7-12-19-36)31-45-46(43,32-37-20-13-8-14-21-37)33-38-22-15-9-16-23-38/h7-9,11-16,18-27,39H,2-6,10,17,28-33H2,1H3,(H,41,42). The number of benzene rings is 4. The number of carbonyl (C=O) groups excluding carboxylic acids is 1. The number of rotatable bonds is 20. The van der Waals surface area contributed by atoms with E-state index in [2.05, 4.69) is 36.5 Å². The lowest BCUT2D eigenvalue weighted by Crippen LogP contribution is -2.38. The Balaban J connectivity index is 1.39. The van der Waals surface area contributed by atoms with Crippen molar-refractivity contribution in [3.63, 3.8) is 0 Å². The van der Waals surface area contributed by atoms with Gasteiger partial charge in [-0.3, -0.25) is 4.57 Å². The van der Waals surface area contributed by atoms with E-state index in [0.717, 1.165) is 29.5 Å². The van der Waals surface area contributed by atoms with Gasteiger partial charge in [0.2, 0.25) is 7.37 Å². The summed E-state index contributed by atoms with van der Waals surface area (Å²) in [6.07, 6.45) is 10.4. The Kier molecular flexibility index (Phi) is 15.1. The van der Waals surface area contributed by atoms with Gasteiger partial charge >= 0.3 is 6.09 Å². The van der Waals surface area contributed by atoms with E-state index >= 15 is 0 Å². The second kappa shape index (κ2) is 19.8. The third-order valence-corrected chi connectivity index (χ3v) is 10.5. The van der Waals surface area contributed by atoms with Crippen molar-refractivity contribution in [2.24, 2.45) is 0 Å². The number of alkyl carbamates (subject to hydrolysis) is 1. The van der Waals surface area contributed by atoms with Crippen molar-refractivity contribution >= 4 is 13.5 Å². The van der Waals surface area contributed by atoms with Gasteiger partial charge in [-0.1, -0.05) is 154 Å². The lowest BCUT2D eigenvalue weighted by atomic mass is 10.0. The maximum atomic E-state index is 14.4. The van der Waals surface area contributed by atoms with Gasteiger partial charge in [0.05, 0.1) is 25.0 Å². The molecule has 244 valence electrons. The molecule has 0 aromatic heterocycles. The summed E-state index contributed by atoms with van der Waals surface area (Å²) in [5.74, 6) is 0. The molecule has 0 aliphatic rings. The van der Waals surface area contributed by atoms with Crippen molar-refractivity contribution in [3.05, 3.63) is 143 Å². The van der Waals surface area contributed by atoms with Crippen LogP contribution in [-0.2, 0) is 45.6 Å². The van der Waals surface area contributed by atoms with Crippen molar-refractivity contribution in [1.82, 2.24) is 5.32 Å². The molecule has 0 bridgehead atoms. The molecule has 46 heavy (non-hydrogen) atoms. The maximum Gasteiger partial charge on any atom is 0.407 e. The second-order valence-corrected chi connectivity index (χ2v) is 14.7. The van der Waals surface area contributed by atoms with Crippen LogP contribution < -0.4 is 5.32 Å². The molecule has 5 nitrogen and oxygen atoms in total. The fourth-order valence-corrected chi connectivity index (χ4v) is 7.83. The SMILES string of the molecule is CCCCCCCCc1ccc(CCC(COP(=O)(Cc2ccccc2)Cc2ccccc2)NC(=O)OCc2ccccc2)cc1. The first-order chi connectivity index (χ1) is 22.5. The zero-order valence-electron chi connectivity index (χ0n) is 27.3. The lowest BCUT2D eigenvalue weighted by Gasteiger charge is -2.24. The number of aryl methyl sites for hydroxylation is 2. The number of nitrogens with one attached hydrogen (secondary N) is 1. The van der Waals surface area contributed by atoms with Gasteiger partial charge < -0.3 is 14.6 Å². The Hall–Kier alpha value is -3.66. The van der Waals surface area contributed by atoms with Crippen LogP contribution in [0.1, 0.15) is 79.7 Å². The van der Waals surface area contributed by atoms with E-state index in [4.69, 9.17) is 9.26 Å². The van der Waals surface area contributed by atoms with Gasteiger partial charge in [-0.15, -0.1) is 0 Å². The zero-order valence-corrected chi connectivity index (χ0v) is 28.2. The third kappa shape index (κ3) is 13.4. The number of unbranched alkanes of at least 4 members (excludes halogenated alkanes) is 5. The fourth-order valence-electron chi connectivity index (χ4n) is 5.55. The summed E-state index contributed by atoms with van der Waals surface area (Å²) in [7, 11) is -3.14. The average Bonchev–Trinajstić information content (AvgIpc) is 3.08. The first-order valence-corrected chi connectivity index (χ1v) is 18.9. The normalized spacial score (nSPS) is 12.0. The minimum absolute atomic E-state index is 0.132. The molecule has 1 atom stereocenters. The van der Waals surface area contributed by atoms with E-state index in [-0.39, 0.29) is 19.3 Å². The Morgan fingerprint density at radius 3 is 1.70 bits per heavy atom. The highest BCUT2D eigenvalue weighted by Crippen LogP contribution is 2.53. The van der Waals surface area contributed by atoms with Gasteiger partial charge in [-0.2, -0.15) is 0 Å². The molecule has 4 aromatic rings. The van der Waals surface area contributed by atoms with Gasteiger partial charge in [0, 0.05) is 0 Å². The van der Waals surface area contributed by atoms with Crippen molar-refractivity contribution < 1.29 is 18.6 Å². The summed E-state index contributed by atoms with van der Waals surface area (Å²) in [5.41, 5.74) is 5.42. The van der Waals surface area contributed by atoms with Crippen LogP contribution >= 0.6 is 7.37 Å². The van der Waals surface area contributed by atoms with Crippen LogP contribution in [0.3, 0.4) is 0 Å². The smallest absolute Gasteiger partial charge is 0.407 e. The Morgan fingerprint density at radius 2 is 1.13 bits per heavy atom. The Morgan fingerprint density at radius 1 is 0.630 bits per heavy atom. The topological polar surface area (TPSA) is 64.6 Å². The molecule has 0 fully saturated rings. The minimum atomic E-state index is -3.14. The van der Waals surface area contributed by atoms with E-state index < -0.39 is 13.5 Å². The van der Waals surface area contributed by atoms with Gasteiger partial charge in [0.1, 0.15) is 6.61 Å². The third-order valence-electron chi connectivity index (χ3n) is 8.20. The largest absolute Gasteiger partial charge is 0.445 e. The number of ether oxygens (including phenoxy) is 1. The van der Waals surface area contributed by atoms with Crippen LogP contribution in [0, 0.1) is 0 Å². The van der Waals surface area contributed by atoms with E-state index in [1.165, 1.54) is 49.7 Å². The zero-order chi connectivity index (χ0) is 32.3. The van der Waals surface area contributed by atoms with Crippen LogP contribution in [-0.4, -0.2) is 18.7 Å². The van der Waals surface area contributed by atoms with Crippen LogP contribution in [0.15, 0.2) is 115 Å². The molecule has 0 heterocycles. The molecule has 6 heteroatoms. The van der Waals surface area contributed by atoms with E-state index in [1.807, 2.05) is 91.0 Å². The summed E-state index contributed by atoms with van der Waals surface area (Å²) in [5, 5.41) is 3.01. The van der Waals surface area contributed by atoms with Crippen LogP contribution in [0.2, 0.25) is 0 Å². The van der Waals surface area contributed by atoms with Crippen molar-refractivity contribution in [2.45, 2.75) is 89.7 Å². The molecule has 0 aliphatic carbocycles. The highest BCUT2D eigenvalue weighted by atomic mass is 31.2. The Labute approximate surface area is 276 Å². The number of carbonyl (C=O) groups is 1. The molecule has 0 aliphatic heterocycles. The first-order valence-electron chi connectivity index (χ1n) is 16.9. The first kappa shape index (κ1) is 35.2. The second-order valence-electron chi connectivity index (χ2n) is 12.2. The minimum Gasteiger partial charge on any atom is -0.445 e. The summed E-state index contributed by atoms with van der Waals surface area (Å²) < 4.78 is 26.2. The van der Waals surface area contributed by atoms with E-state index in [1.54, 1.807) is 0 Å². The van der Waals surface area contributed by atoms with Gasteiger partial charge in [0.15, 0.2) is 0 Å². The molecule has 4 rings (SSSR count). The van der Waals surface area contributed by atoms with Crippen molar-refractivity contribution in [3.8, 4) is 0 Å². The number of hydrogen-bond donors (Lipinski definition) is 1. The quantitative estimate of drug-likeness (QED) is 0.0772. The van der Waals surface area contributed by atoms with Gasteiger partial charge in [-0.25, -0.2) is 4.79 Å². The molecule has 1 unspecified atom stereocenters. The van der Waals surface area contributed by atoms with Gasteiger partial charge in [0.25, 0.3) is 0 Å². The van der Waals surface area contributed by atoms with Crippen LogP contribution in [0.25, 0.3) is 0 Å².